The van der Waals surface area contributed by atoms with E-state index in [1.165, 1.54) is 23.1 Å². The molecule has 0 spiro atoms. The fraction of sp³-hybridized carbons (Fsp3) is 0.375. The van der Waals surface area contributed by atoms with Crippen LogP contribution in [0.1, 0.15) is 51.0 Å². The summed E-state index contributed by atoms with van der Waals surface area (Å²) in [6.45, 7) is 4.23. The molecule has 1 fully saturated rings. The first kappa shape index (κ1) is 18.1. The lowest BCUT2D eigenvalue weighted by atomic mass is 9.71. The monoisotopic (exact) mass is 364 g/mol. The minimum Gasteiger partial charge on any atom is -0.390 e. The van der Waals surface area contributed by atoms with Gasteiger partial charge in [-0.05, 0) is 61.3 Å². The zero-order valence-electron chi connectivity index (χ0n) is 16.0. The Bertz CT molecular complexity index is 940. The Morgan fingerprint density at radius 2 is 1.67 bits per heavy atom. The first-order chi connectivity index (χ1) is 13.0. The number of nitrogens with zero attached hydrogens (tertiary/aromatic N) is 1. The third kappa shape index (κ3) is 3.37. The van der Waals surface area contributed by atoms with Gasteiger partial charge < -0.3 is 5.11 Å². The smallest absolute Gasteiger partial charge is 0.218 e. The summed E-state index contributed by atoms with van der Waals surface area (Å²) < 4.78 is 15.4. The van der Waals surface area contributed by atoms with Crippen LogP contribution in [0.5, 0.6) is 0 Å². The number of aliphatic hydroxyl groups is 1. The van der Waals surface area contributed by atoms with Gasteiger partial charge in [-0.25, -0.2) is 4.39 Å². The van der Waals surface area contributed by atoms with Gasteiger partial charge in [0.1, 0.15) is 5.82 Å². The number of rotatable bonds is 3. The van der Waals surface area contributed by atoms with Crippen molar-refractivity contribution >= 4 is 10.9 Å². The lowest BCUT2D eigenvalue weighted by molar-refractivity contribution is -0.567. The van der Waals surface area contributed by atoms with E-state index in [0.29, 0.717) is 11.8 Å². The molecule has 1 saturated carbocycles. The summed E-state index contributed by atoms with van der Waals surface area (Å²) in [5, 5.41) is 12.0. The van der Waals surface area contributed by atoms with E-state index >= 15 is 0 Å². The lowest BCUT2D eigenvalue weighted by Crippen LogP contribution is -2.39. The lowest BCUT2D eigenvalue weighted by Gasteiger charge is -2.39. The van der Waals surface area contributed by atoms with Crippen LogP contribution >= 0.6 is 0 Å². The van der Waals surface area contributed by atoms with Crippen LogP contribution in [0.4, 0.5) is 4.39 Å². The summed E-state index contributed by atoms with van der Waals surface area (Å²) >= 11 is 0. The second kappa shape index (κ2) is 7.05. The molecule has 1 aliphatic rings. The molecule has 0 amide bonds. The minimum atomic E-state index is -0.519. The van der Waals surface area contributed by atoms with Gasteiger partial charge in [-0.15, -0.1) is 0 Å². The minimum absolute atomic E-state index is 0.222. The highest BCUT2D eigenvalue weighted by atomic mass is 19.1. The molecule has 0 atom stereocenters. The Balaban J connectivity index is 1.72. The summed E-state index contributed by atoms with van der Waals surface area (Å²) in [7, 11) is 0. The highest BCUT2D eigenvalue weighted by molar-refractivity contribution is 5.80. The van der Waals surface area contributed by atoms with Crippen LogP contribution in [0.25, 0.3) is 16.6 Å². The summed E-state index contributed by atoms with van der Waals surface area (Å²) in [4.78, 5) is 0. The van der Waals surface area contributed by atoms with Crippen LogP contribution in [-0.2, 0) is 0 Å². The Hall–Kier alpha value is -2.26. The largest absolute Gasteiger partial charge is 0.390 e. The van der Waals surface area contributed by atoms with Crippen LogP contribution in [-0.4, -0.2) is 10.7 Å². The van der Waals surface area contributed by atoms with Gasteiger partial charge in [-0.2, -0.15) is 4.57 Å². The molecule has 4 rings (SSSR count). The van der Waals surface area contributed by atoms with Crippen molar-refractivity contribution in [1.82, 2.24) is 0 Å². The van der Waals surface area contributed by atoms with Gasteiger partial charge >= 0.3 is 0 Å². The highest BCUT2D eigenvalue weighted by Crippen LogP contribution is 2.42. The number of hydrogen-bond donors (Lipinski definition) is 1. The first-order valence-corrected chi connectivity index (χ1v) is 9.89. The SMILES string of the molecule is CC(C)C1(O)CCC(c2cc[n+](-c3ccc(F)cc3)c3ccccc23)CC1. The number of aromatic nitrogens is 1. The summed E-state index contributed by atoms with van der Waals surface area (Å²) in [6, 6.07) is 17.2. The number of pyridine rings is 1. The summed E-state index contributed by atoms with van der Waals surface area (Å²) in [6.07, 6.45) is 5.83. The number of fused-ring (bicyclic) bond motifs is 1. The Kier molecular flexibility index (Phi) is 4.73. The van der Waals surface area contributed by atoms with Crippen molar-refractivity contribution in [2.75, 3.05) is 0 Å². The molecule has 0 saturated heterocycles. The van der Waals surface area contributed by atoms with Crippen molar-refractivity contribution < 1.29 is 14.1 Å². The van der Waals surface area contributed by atoms with Gasteiger partial charge in [0.25, 0.3) is 0 Å². The molecule has 0 radical (unpaired) electrons. The van der Waals surface area contributed by atoms with Crippen molar-refractivity contribution in [2.45, 2.75) is 51.0 Å². The van der Waals surface area contributed by atoms with Crippen molar-refractivity contribution in [3.8, 4) is 5.69 Å². The van der Waals surface area contributed by atoms with Crippen molar-refractivity contribution in [3.63, 3.8) is 0 Å². The second-order valence-corrected chi connectivity index (χ2v) is 8.17. The van der Waals surface area contributed by atoms with Crippen LogP contribution in [0.3, 0.4) is 0 Å². The van der Waals surface area contributed by atoms with E-state index in [1.54, 1.807) is 0 Å². The molecule has 27 heavy (non-hydrogen) atoms. The van der Waals surface area contributed by atoms with Crippen LogP contribution in [0.15, 0.2) is 60.8 Å². The topological polar surface area (TPSA) is 24.1 Å². The van der Waals surface area contributed by atoms with Gasteiger partial charge in [0, 0.05) is 24.3 Å². The molecule has 1 heterocycles. The fourth-order valence-corrected chi connectivity index (χ4v) is 4.44. The third-order valence-electron chi connectivity index (χ3n) is 6.35. The predicted molar refractivity (Wildman–Crippen MR) is 106 cm³/mol. The van der Waals surface area contributed by atoms with Crippen LogP contribution in [0.2, 0.25) is 0 Å². The molecule has 2 nitrogen and oxygen atoms in total. The van der Waals surface area contributed by atoms with Crippen LogP contribution in [0, 0.1) is 11.7 Å². The van der Waals surface area contributed by atoms with Crippen molar-refractivity contribution in [1.29, 1.82) is 0 Å². The molecular weight excluding hydrogens is 337 g/mol. The van der Waals surface area contributed by atoms with E-state index < -0.39 is 5.60 Å². The first-order valence-electron chi connectivity index (χ1n) is 9.89. The normalized spacial score (nSPS) is 23.1. The number of hydrogen-bond acceptors (Lipinski definition) is 1. The second-order valence-electron chi connectivity index (χ2n) is 8.17. The average Bonchev–Trinajstić information content (AvgIpc) is 2.69. The molecule has 2 aromatic carbocycles. The molecule has 140 valence electrons. The molecule has 3 heteroatoms. The van der Waals surface area contributed by atoms with E-state index in [4.69, 9.17) is 0 Å². The van der Waals surface area contributed by atoms with Gasteiger partial charge in [0.2, 0.25) is 11.2 Å². The standard InChI is InChI=1S/C24H27FNO/c1-17(2)24(27)14-11-18(12-15-24)21-13-16-26(20-9-7-19(25)8-10-20)23-6-4-3-5-22(21)23/h3-10,13,16-18,27H,11-12,14-15H2,1-2H3/q+1. The maximum atomic E-state index is 13.3. The molecule has 0 aliphatic heterocycles. The van der Waals surface area contributed by atoms with Gasteiger partial charge in [-0.3, -0.25) is 0 Å². The summed E-state index contributed by atoms with van der Waals surface area (Å²) in [5.74, 6) is 0.545. The Morgan fingerprint density at radius 1 is 1.00 bits per heavy atom. The molecule has 3 aromatic rings. The predicted octanol–water partition coefficient (Wildman–Crippen LogP) is 5.30. The molecule has 0 unspecified atom stereocenters. The van der Waals surface area contributed by atoms with Crippen LogP contribution < -0.4 is 4.57 Å². The maximum Gasteiger partial charge on any atom is 0.218 e. The van der Waals surface area contributed by atoms with Crippen molar-refractivity contribution in [3.05, 3.63) is 72.2 Å². The van der Waals surface area contributed by atoms with E-state index in [2.05, 4.69) is 48.9 Å². The van der Waals surface area contributed by atoms with Crippen molar-refractivity contribution in [2.24, 2.45) is 5.92 Å². The van der Waals surface area contributed by atoms with E-state index in [9.17, 15) is 9.50 Å². The highest BCUT2D eigenvalue weighted by Gasteiger charge is 2.37. The number of para-hydroxylation sites is 1. The number of benzene rings is 2. The Morgan fingerprint density at radius 3 is 2.33 bits per heavy atom. The van der Waals surface area contributed by atoms with Gasteiger partial charge in [-0.1, -0.05) is 26.0 Å². The molecule has 1 aliphatic carbocycles. The molecular formula is C24H27FNO+. The van der Waals surface area contributed by atoms with E-state index in [0.717, 1.165) is 36.9 Å². The third-order valence-corrected chi connectivity index (χ3v) is 6.35. The molecule has 1 N–H and O–H groups in total. The maximum absolute atomic E-state index is 13.3. The zero-order valence-corrected chi connectivity index (χ0v) is 16.0. The Labute approximate surface area is 160 Å². The zero-order chi connectivity index (χ0) is 19.0. The van der Waals surface area contributed by atoms with Gasteiger partial charge in [0.15, 0.2) is 6.20 Å². The molecule has 1 aromatic heterocycles. The van der Waals surface area contributed by atoms with E-state index in [-0.39, 0.29) is 5.82 Å². The van der Waals surface area contributed by atoms with E-state index in [1.807, 2.05) is 18.2 Å². The van der Waals surface area contributed by atoms with Gasteiger partial charge in [0.05, 0.1) is 11.0 Å². The quantitative estimate of drug-likeness (QED) is 0.627. The number of halogens is 1. The molecule has 0 bridgehead atoms. The average molecular weight is 364 g/mol. The fourth-order valence-electron chi connectivity index (χ4n) is 4.44. The summed E-state index contributed by atoms with van der Waals surface area (Å²) in [5.41, 5.74) is 2.92.